The van der Waals surface area contributed by atoms with Crippen molar-refractivity contribution in [3.8, 4) is 11.1 Å². The van der Waals surface area contributed by atoms with Gasteiger partial charge in [-0.2, -0.15) is 0 Å². The monoisotopic (exact) mass is 500 g/mol. The van der Waals surface area contributed by atoms with Gasteiger partial charge in [0.05, 0.1) is 0 Å². The number of hydrogen-bond donors (Lipinski definition) is 2. The van der Waals surface area contributed by atoms with Gasteiger partial charge in [0.25, 0.3) is 0 Å². The van der Waals surface area contributed by atoms with Crippen LogP contribution in [-0.2, 0) is 30.4 Å². The van der Waals surface area contributed by atoms with Gasteiger partial charge in [0, 0.05) is 5.92 Å². The molecule has 3 aromatic carbocycles. The third kappa shape index (κ3) is 5.65. The molecule has 0 aromatic heterocycles. The van der Waals surface area contributed by atoms with Crippen molar-refractivity contribution in [1.29, 1.82) is 0 Å². The van der Waals surface area contributed by atoms with E-state index in [1.165, 1.54) is 0 Å². The number of benzene rings is 3. The molecule has 0 saturated heterocycles. The van der Waals surface area contributed by atoms with Gasteiger partial charge in [-0.05, 0) is 40.7 Å². The molecule has 5 rings (SSSR count). The molecular weight excluding hydrogens is 472 g/mol. The summed E-state index contributed by atoms with van der Waals surface area (Å²) in [6.07, 6.45) is 0.393. The van der Waals surface area contributed by atoms with E-state index >= 15 is 0 Å². The Morgan fingerprint density at radius 2 is 1.41 bits per heavy atom. The average molecular weight is 501 g/mol. The molecule has 0 radical (unpaired) electrons. The fraction of sp³-hybridized carbons (Fsp3) is 0.276. The normalized spacial score (nSPS) is 14.7. The van der Waals surface area contributed by atoms with E-state index in [0.29, 0.717) is 12.8 Å². The van der Waals surface area contributed by atoms with Crippen LogP contribution in [0.15, 0.2) is 78.9 Å². The molecule has 0 bridgehead atoms. The molecule has 2 N–H and O–H groups in total. The number of fused-ring (bicyclic) bond motifs is 3. The summed E-state index contributed by atoms with van der Waals surface area (Å²) in [5, 5.41) is 5.01. The van der Waals surface area contributed by atoms with Gasteiger partial charge in [-0.1, -0.05) is 78.9 Å². The van der Waals surface area contributed by atoms with Crippen molar-refractivity contribution >= 4 is 18.0 Å². The van der Waals surface area contributed by atoms with Gasteiger partial charge in [-0.25, -0.2) is 9.59 Å². The minimum atomic E-state index is -1.01. The van der Waals surface area contributed by atoms with E-state index in [2.05, 4.69) is 22.8 Å². The Labute approximate surface area is 214 Å². The zero-order valence-corrected chi connectivity index (χ0v) is 20.3. The van der Waals surface area contributed by atoms with E-state index in [-0.39, 0.29) is 32.4 Å². The molecule has 1 fully saturated rings. The zero-order chi connectivity index (χ0) is 25.7. The van der Waals surface area contributed by atoms with Crippen LogP contribution in [0, 0.1) is 0 Å². The Balaban J connectivity index is 1.02. The first-order valence-electron chi connectivity index (χ1n) is 12.3. The van der Waals surface area contributed by atoms with Gasteiger partial charge < -0.3 is 24.8 Å². The maximum Gasteiger partial charge on any atom is 0.407 e. The smallest absolute Gasteiger partial charge is 0.407 e. The highest BCUT2D eigenvalue weighted by Gasteiger charge is 2.53. The number of ether oxygens (including phenoxy) is 3. The second-order valence-electron chi connectivity index (χ2n) is 9.12. The van der Waals surface area contributed by atoms with Crippen LogP contribution in [0.3, 0.4) is 0 Å². The highest BCUT2D eigenvalue weighted by molar-refractivity contribution is 5.84. The molecule has 0 aliphatic heterocycles. The van der Waals surface area contributed by atoms with Gasteiger partial charge in [-0.15, -0.1) is 0 Å². The van der Waals surface area contributed by atoms with Crippen LogP contribution >= 0.6 is 0 Å². The van der Waals surface area contributed by atoms with Crippen molar-refractivity contribution in [3.05, 3.63) is 95.6 Å². The van der Waals surface area contributed by atoms with Crippen LogP contribution in [-0.4, -0.2) is 43.5 Å². The summed E-state index contributed by atoms with van der Waals surface area (Å²) >= 11 is 0. The number of alkyl carbamates (subject to hydrolysis) is 1. The summed E-state index contributed by atoms with van der Waals surface area (Å²) in [6, 6.07) is 25.5. The molecule has 1 saturated carbocycles. The number of amides is 2. The number of hydrogen-bond acceptors (Lipinski definition) is 6. The van der Waals surface area contributed by atoms with Crippen LogP contribution in [0.2, 0.25) is 0 Å². The molecule has 2 aliphatic carbocycles. The lowest BCUT2D eigenvalue weighted by atomic mass is 9.98. The Bertz CT molecular complexity index is 1240. The number of rotatable bonds is 10. The van der Waals surface area contributed by atoms with Gasteiger partial charge in [0.1, 0.15) is 26.5 Å². The summed E-state index contributed by atoms with van der Waals surface area (Å²) < 4.78 is 16.4. The zero-order valence-electron chi connectivity index (χ0n) is 20.3. The summed E-state index contributed by atoms with van der Waals surface area (Å²) in [7, 11) is 0. The van der Waals surface area contributed by atoms with Crippen molar-refractivity contribution in [3.63, 3.8) is 0 Å². The topological polar surface area (TPSA) is 103 Å². The molecule has 8 nitrogen and oxygen atoms in total. The molecule has 3 aromatic rings. The van der Waals surface area contributed by atoms with Crippen molar-refractivity contribution in [2.24, 2.45) is 0 Å². The maximum absolute atomic E-state index is 12.4. The molecule has 2 amide bonds. The van der Waals surface area contributed by atoms with Crippen molar-refractivity contribution in [2.75, 3.05) is 19.9 Å². The molecule has 0 atom stereocenters. The first-order valence-corrected chi connectivity index (χ1v) is 12.3. The second kappa shape index (κ2) is 10.8. The first-order chi connectivity index (χ1) is 18.1. The van der Waals surface area contributed by atoms with E-state index in [0.717, 1.165) is 27.8 Å². The fourth-order valence-corrected chi connectivity index (χ4v) is 4.49. The van der Waals surface area contributed by atoms with Gasteiger partial charge in [-0.3, -0.25) is 4.79 Å². The lowest BCUT2D eigenvalue weighted by Crippen LogP contribution is -2.40. The van der Waals surface area contributed by atoms with E-state index in [1.807, 2.05) is 66.7 Å². The summed E-state index contributed by atoms with van der Waals surface area (Å²) in [4.78, 5) is 36.8. The molecule has 8 heteroatoms. The van der Waals surface area contributed by atoms with Gasteiger partial charge in [0.2, 0.25) is 5.91 Å². The minimum absolute atomic E-state index is 0.0586. The van der Waals surface area contributed by atoms with Gasteiger partial charge >= 0.3 is 12.1 Å². The second-order valence-corrected chi connectivity index (χ2v) is 9.12. The molecule has 190 valence electrons. The lowest BCUT2D eigenvalue weighted by Gasteiger charge is -2.16. The Morgan fingerprint density at radius 1 is 0.784 bits per heavy atom. The van der Waals surface area contributed by atoms with Crippen molar-refractivity contribution < 1.29 is 28.6 Å². The highest BCUT2D eigenvalue weighted by atomic mass is 16.6. The van der Waals surface area contributed by atoms with E-state index in [9.17, 15) is 14.4 Å². The van der Waals surface area contributed by atoms with Crippen LogP contribution in [0.25, 0.3) is 11.1 Å². The number of nitrogens with one attached hydrogen (secondary N) is 2. The van der Waals surface area contributed by atoms with Crippen LogP contribution in [0.4, 0.5) is 4.79 Å². The van der Waals surface area contributed by atoms with Crippen LogP contribution < -0.4 is 10.6 Å². The first kappa shape index (κ1) is 24.5. The molecular formula is C29H28N2O6. The maximum atomic E-state index is 12.4. The molecule has 0 unspecified atom stereocenters. The van der Waals surface area contributed by atoms with E-state index < -0.39 is 23.6 Å². The highest BCUT2D eigenvalue weighted by Crippen LogP contribution is 2.44. The Kier molecular flexibility index (Phi) is 7.18. The molecule has 0 heterocycles. The third-order valence-corrected chi connectivity index (χ3v) is 6.64. The fourth-order valence-electron chi connectivity index (χ4n) is 4.49. The minimum Gasteiger partial charge on any atom is -0.459 e. The average Bonchev–Trinajstić information content (AvgIpc) is 3.66. The summed E-state index contributed by atoms with van der Waals surface area (Å²) in [5.41, 5.74) is 4.39. The van der Waals surface area contributed by atoms with E-state index in [4.69, 9.17) is 14.2 Å². The summed E-state index contributed by atoms with van der Waals surface area (Å²) in [5.74, 6) is -0.957. The van der Waals surface area contributed by atoms with Crippen LogP contribution in [0.1, 0.15) is 35.4 Å². The van der Waals surface area contributed by atoms with Crippen molar-refractivity contribution in [2.45, 2.75) is 31.0 Å². The summed E-state index contributed by atoms with van der Waals surface area (Å²) in [6.45, 7) is -0.101. The predicted octanol–water partition coefficient (Wildman–Crippen LogP) is 3.89. The molecule has 0 spiro atoms. The SMILES string of the molecule is O=C(CNC(=O)OCC1c2ccccc2-c2ccccc21)NCOC1(C(=O)OCc2ccccc2)CC1. The Hall–Kier alpha value is -4.17. The predicted molar refractivity (Wildman–Crippen MR) is 135 cm³/mol. The van der Waals surface area contributed by atoms with E-state index in [1.54, 1.807) is 0 Å². The number of esters is 1. The Morgan fingerprint density at radius 3 is 2.05 bits per heavy atom. The number of carbonyl (C=O) groups excluding carboxylic acids is 3. The molecule has 2 aliphatic rings. The third-order valence-electron chi connectivity index (χ3n) is 6.64. The molecule has 37 heavy (non-hydrogen) atoms. The number of carbonyl (C=O) groups is 3. The van der Waals surface area contributed by atoms with Crippen molar-refractivity contribution in [1.82, 2.24) is 10.6 Å². The van der Waals surface area contributed by atoms with Crippen LogP contribution in [0.5, 0.6) is 0 Å². The standard InChI is InChI=1S/C29H28N2O6/c32-26(31-19-37-29(14-15-29)27(33)35-17-20-8-2-1-3-9-20)16-30-28(34)36-18-25-23-12-6-4-10-21(23)22-11-5-7-13-24(22)25/h1-13,25H,14-19H2,(H,30,34)(H,31,32). The quantitative estimate of drug-likeness (QED) is 0.323. The largest absolute Gasteiger partial charge is 0.459 e. The lowest BCUT2D eigenvalue weighted by molar-refractivity contribution is -0.163. The van der Waals surface area contributed by atoms with Gasteiger partial charge in [0.15, 0.2) is 5.60 Å².